The van der Waals surface area contributed by atoms with E-state index >= 15 is 0 Å². The molecular formula is C14H18N4OS. The van der Waals surface area contributed by atoms with Gasteiger partial charge in [-0.05, 0) is 31.0 Å². The summed E-state index contributed by atoms with van der Waals surface area (Å²) in [5.41, 5.74) is 3.25. The van der Waals surface area contributed by atoms with Crippen LogP contribution < -0.4 is 10.6 Å². The van der Waals surface area contributed by atoms with E-state index in [9.17, 15) is 4.79 Å². The van der Waals surface area contributed by atoms with Crippen LogP contribution in [0.5, 0.6) is 0 Å². The van der Waals surface area contributed by atoms with Gasteiger partial charge in [0.1, 0.15) is 5.82 Å². The molecule has 2 heterocycles. The molecule has 1 aliphatic rings. The van der Waals surface area contributed by atoms with Gasteiger partial charge in [0.05, 0.1) is 17.1 Å². The van der Waals surface area contributed by atoms with Gasteiger partial charge in [0, 0.05) is 18.2 Å². The smallest absolute Gasteiger partial charge is 0.238 e. The van der Waals surface area contributed by atoms with Gasteiger partial charge in [0.2, 0.25) is 5.91 Å². The van der Waals surface area contributed by atoms with Crippen molar-refractivity contribution in [1.82, 2.24) is 20.6 Å². The van der Waals surface area contributed by atoms with Crippen LogP contribution in [0.3, 0.4) is 0 Å². The SMILES string of the molecule is Cc1nc2ccc(CCNC(=O)C3CSCN3)cc2[nH]1. The summed E-state index contributed by atoms with van der Waals surface area (Å²) < 4.78 is 0. The van der Waals surface area contributed by atoms with Crippen molar-refractivity contribution in [2.24, 2.45) is 0 Å². The first kappa shape index (κ1) is 13.5. The van der Waals surface area contributed by atoms with Crippen molar-refractivity contribution in [3.05, 3.63) is 29.6 Å². The Morgan fingerprint density at radius 1 is 1.55 bits per heavy atom. The summed E-state index contributed by atoms with van der Waals surface area (Å²) >= 11 is 1.76. The number of nitrogens with zero attached hydrogens (tertiary/aromatic N) is 1. The van der Waals surface area contributed by atoms with Crippen LogP contribution in [0.15, 0.2) is 18.2 Å². The van der Waals surface area contributed by atoms with Crippen molar-refractivity contribution in [2.45, 2.75) is 19.4 Å². The highest BCUT2D eigenvalue weighted by Gasteiger charge is 2.21. The highest BCUT2D eigenvalue weighted by Crippen LogP contribution is 2.14. The Labute approximate surface area is 121 Å². The van der Waals surface area contributed by atoms with Gasteiger partial charge in [-0.15, -0.1) is 11.8 Å². The summed E-state index contributed by atoms with van der Waals surface area (Å²) in [5.74, 6) is 2.77. The van der Waals surface area contributed by atoms with E-state index in [-0.39, 0.29) is 11.9 Å². The predicted octanol–water partition coefficient (Wildman–Crippen LogP) is 1.19. The number of carbonyl (C=O) groups is 1. The number of H-pyrrole nitrogens is 1. The Kier molecular flexibility index (Phi) is 3.93. The minimum atomic E-state index is -0.0299. The van der Waals surface area contributed by atoms with Gasteiger partial charge in [-0.25, -0.2) is 4.98 Å². The average Bonchev–Trinajstić information content (AvgIpc) is 3.05. The molecule has 1 atom stereocenters. The van der Waals surface area contributed by atoms with Crippen LogP contribution in [-0.2, 0) is 11.2 Å². The number of fused-ring (bicyclic) bond motifs is 1. The van der Waals surface area contributed by atoms with E-state index in [1.165, 1.54) is 5.56 Å². The van der Waals surface area contributed by atoms with Crippen molar-refractivity contribution in [3.8, 4) is 0 Å². The number of thioether (sulfide) groups is 1. The molecule has 6 heteroatoms. The molecule has 1 aromatic heterocycles. The minimum absolute atomic E-state index is 0.0299. The van der Waals surface area contributed by atoms with Crippen molar-refractivity contribution in [3.63, 3.8) is 0 Å². The summed E-state index contributed by atoms with van der Waals surface area (Å²) in [4.78, 5) is 19.5. The van der Waals surface area contributed by atoms with E-state index in [2.05, 4.69) is 32.7 Å². The molecule has 106 valence electrons. The second kappa shape index (κ2) is 5.85. The number of aromatic nitrogens is 2. The van der Waals surface area contributed by atoms with Gasteiger partial charge >= 0.3 is 0 Å². The molecule has 3 N–H and O–H groups in total. The number of hydrogen-bond acceptors (Lipinski definition) is 4. The second-order valence-corrected chi connectivity index (χ2v) is 6.02. The highest BCUT2D eigenvalue weighted by molar-refractivity contribution is 7.99. The van der Waals surface area contributed by atoms with Crippen LogP contribution in [0.1, 0.15) is 11.4 Å². The van der Waals surface area contributed by atoms with E-state index in [4.69, 9.17) is 0 Å². The maximum Gasteiger partial charge on any atom is 0.238 e. The normalized spacial score (nSPS) is 18.6. The fourth-order valence-electron chi connectivity index (χ4n) is 2.36. The summed E-state index contributed by atoms with van der Waals surface area (Å²) in [6.07, 6.45) is 0.833. The first-order chi connectivity index (χ1) is 9.72. The molecule has 0 saturated carbocycles. The maximum atomic E-state index is 11.8. The summed E-state index contributed by atoms with van der Waals surface area (Å²) in [6.45, 7) is 2.62. The Bertz CT molecular complexity index is 619. The van der Waals surface area contributed by atoms with Crippen molar-refractivity contribution in [2.75, 3.05) is 18.2 Å². The summed E-state index contributed by atoms with van der Waals surface area (Å²) in [6, 6.07) is 6.16. The third-order valence-electron chi connectivity index (χ3n) is 3.41. The number of benzene rings is 1. The minimum Gasteiger partial charge on any atom is -0.354 e. The molecule has 1 aliphatic heterocycles. The molecular weight excluding hydrogens is 272 g/mol. The van der Waals surface area contributed by atoms with Crippen LogP contribution in [0, 0.1) is 6.92 Å². The monoisotopic (exact) mass is 290 g/mol. The standard InChI is InChI=1S/C14H18N4OS/c1-9-17-11-3-2-10(6-12(11)18-9)4-5-15-14(19)13-7-20-8-16-13/h2-3,6,13,16H,4-5,7-8H2,1H3,(H,15,19)(H,17,18). The lowest BCUT2D eigenvalue weighted by atomic mass is 10.1. The van der Waals surface area contributed by atoms with Crippen LogP contribution >= 0.6 is 11.8 Å². The molecule has 3 rings (SSSR count). The van der Waals surface area contributed by atoms with Crippen molar-refractivity contribution in [1.29, 1.82) is 0 Å². The largest absolute Gasteiger partial charge is 0.354 e. The van der Waals surface area contributed by atoms with Crippen LogP contribution in [-0.4, -0.2) is 40.1 Å². The van der Waals surface area contributed by atoms with E-state index in [1.807, 2.05) is 13.0 Å². The molecule has 1 amide bonds. The third kappa shape index (κ3) is 2.96. The van der Waals surface area contributed by atoms with Gasteiger partial charge in [-0.3, -0.25) is 10.1 Å². The molecule has 0 spiro atoms. The molecule has 1 saturated heterocycles. The Hall–Kier alpha value is -1.53. The molecule has 1 fully saturated rings. The van der Waals surface area contributed by atoms with E-state index < -0.39 is 0 Å². The molecule has 5 nitrogen and oxygen atoms in total. The van der Waals surface area contributed by atoms with Gasteiger partial charge in [-0.1, -0.05) is 6.07 Å². The molecule has 0 bridgehead atoms. The fraction of sp³-hybridized carbons (Fsp3) is 0.429. The maximum absolute atomic E-state index is 11.8. The Morgan fingerprint density at radius 3 is 3.25 bits per heavy atom. The lowest BCUT2D eigenvalue weighted by Crippen LogP contribution is -2.42. The quantitative estimate of drug-likeness (QED) is 0.791. The third-order valence-corrected chi connectivity index (χ3v) is 4.35. The molecule has 1 unspecified atom stereocenters. The van der Waals surface area contributed by atoms with Crippen LogP contribution in [0.4, 0.5) is 0 Å². The van der Waals surface area contributed by atoms with Crippen molar-refractivity contribution >= 4 is 28.7 Å². The number of imidazole rings is 1. The van der Waals surface area contributed by atoms with Gasteiger partial charge in [0.25, 0.3) is 0 Å². The highest BCUT2D eigenvalue weighted by atomic mass is 32.2. The second-order valence-electron chi connectivity index (χ2n) is 4.99. The summed E-state index contributed by atoms with van der Waals surface area (Å²) in [7, 11) is 0. The lowest BCUT2D eigenvalue weighted by Gasteiger charge is -2.10. The molecule has 0 aliphatic carbocycles. The molecule has 0 radical (unpaired) electrons. The number of nitrogens with one attached hydrogen (secondary N) is 3. The van der Waals surface area contributed by atoms with E-state index in [0.717, 1.165) is 34.9 Å². The van der Waals surface area contributed by atoms with Crippen LogP contribution in [0.2, 0.25) is 0 Å². The number of amides is 1. The number of aryl methyl sites for hydroxylation is 1. The topological polar surface area (TPSA) is 69.8 Å². The Balaban J connectivity index is 1.55. The van der Waals surface area contributed by atoms with Gasteiger partial charge < -0.3 is 10.3 Å². The number of aromatic amines is 1. The van der Waals surface area contributed by atoms with Gasteiger partial charge in [-0.2, -0.15) is 0 Å². The molecule has 2 aromatic rings. The lowest BCUT2D eigenvalue weighted by molar-refractivity contribution is -0.122. The average molecular weight is 290 g/mol. The zero-order valence-corrected chi connectivity index (χ0v) is 12.2. The Morgan fingerprint density at radius 2 is 2.45 bits per heavy atom. The zero-order valence-electron chi connectivity index (χ0n) is 11.4. The predicted molar refractivity (Wildman–Crippen MR) is 81.8 cm³/mol. The van der Waals surface area contributed by atoms with E-state index in [1.54, 1.807) is 11.8 Å². The number of hydrogen-bond donors (Lipinski definition) is 3. The number of carbonyl (C=O) groups excluding carboxylic acids is 1. The van der Waals surface area contributed by atoms with Crippen molar-refractivity contribution < 1.29 is 4.79 Å². The molecule has 20 heavy (non-hydrogen) atoms. The molecule has 1 aromatic carbocycles. The van der Waals surface area contributed by atoms with E-state index in [0.29, 0.717) is 6.54 Å². The first-order valence-corrected chi connectivity index (χ1v) is 7.92. The van der Waals surface area contributed by atoms with Gasteiger partial charge in [0.15, 0.2) is 0 Å². The number of rotatable bonds is 4. The first-order valence-electron chi connectivity index (χ1n) is 6.76. The summed E-state index contributed by atoms with van der Waals surface area (Å²) in [5, 5.41) is 6.16. The van der Waals surface area contributed by atoms with Crippen LogP contribution in [0.25, 0.3) is 11.0 Å². The zero-order chi connectivity index (χ0) is 13.9. The fourth-order valence-corrected chi connectivity index (χ4v) is 3.30.